The molecule has 0 atom stereocenters. The Morgan fingerprint density at radius 1 is 1.10 bits per heavy atom. The number of hydrogen-bond acceptors (Lipinski definition) is 5. The Morgan fingerprint density at radius 3 is 2.60 bits per heavy atom. The number of rotatable bonds is 2. The minimum absolute atomic E-state index is 0.201. The molecule has 0 unspecified atom stereocenters. The van der Waals surface area contributed by atoms with E-state index in [4.69, 9.17) is 23.2 Å². The van der Waals surface area contributed by atoms with Crippen LogP contribution in [0.5, 0.6) is 0 Å². The zero-order chi connectivity index (χ0) is 21.2. The van der Waals surface area contributed by atoms with E-state index in [0.29, 0.717) is 43.0 Å². The number of amides is 1. The lowest BCUT2D eigenvalue weighted by atomic mass is 10.1. The standard InChI is InChI=1S/C20H11BrCl2N4O2S/c1-2-26-14-6-3-9(21)7-12(14)15(18(26)28)16-19(29)27-20(30-16)24-17(25-27)11-5-4-10(22)8-13(11)23/h3-8H,2H2,1H3/b16-15-. The third kappa shape index (κ3) is 2.90. The van der Waals surface area contributed by atoms with Crippen LogP contribution in [-0.2, 0) is 4.79 Å². The van der Waals surface area contributed by atoms with Crippen molar-refractivity contribution in [2.75, 3.05) is 11.4 Å². The van der Waals surface area contributed by atoms with Gasteiger partial charge in [0.05, 0.1) is 16.3 Å². The largest absolute Gasteiger partial charge is 0.308 e. The van der Waals surface area contributed by atoms with Crippen molar-refractivity contribution >= 4 is 72.6 Å². The van der Waals surface area contributed by atoms with Crippen molar-refractivity contribution in [2.24, 2.45) is 0 Å². The van der Waals surface area contributed by atoms with Gasteiger partial charge in [-0.1, -0.05) is 50.5 Å². The summed E-state index contributed by atoms with van der Waals surface area (Å²) in [4.78, 5) is 32.7. The maximum absolute atomic E-state index is 13.1. The Hall–Kier alpha value is -2.26. The average molecular weight is 522 g/mol. The molecule has 0 radical (unpaired) electrons. The number of carbonyl (C=O) groups excluding carboxylic acids is 1. The maximum Gasteiger partial charge on any atom is 0.291 e. The molecule has 0 N–H and O–H groups in total. The molecule has 30 heavy (non-hydrogen) atoms. The van der Waals surface area contributed by atoms with Crippen LogP contribution in [0.1, 0.15) is 12.5 Å². The summed E-state index contributed by atoms with van der Waals surface area (Å²) in [6.07, 6.45) is 0. The highest BCUT2D eigenvalue weighted by atomic mass is 79.9. The first kappa shape index (κ1) is 19.7. The van der Waals surface area contributed by atoms with E-state index in [1.807, 2.05) is 25.1 Å². The Morgan fingerprint density at radius 2 is 1.90 bits per heavy atom. The number of halogens is 3. The van der Waals surface area contributed by atoms with Crippen molar-refractivity contribution in [2.45, 2.75) is 6.92 Å². The van der Waals surface area contributed by atoms with Crippen LogP contribution in [0, 0.1) is 0 Å². The molecule has 2 aromatic heterocycles. The van der Waals surface area contributed by atoms with E-state index in [-0.39, 0.29) is 11.5 Å². The molecule has 150 valence electrons. The summed E-state index contributed by atoms with van der Waals surface area (Å²) in [5.41, 5.74) is 2.08. The van der Waals surface area contributed by atoms with Gasteiger partial charge in [0.2, 0.25) is 4.96 Å². The van der Waals surface area contributed by atoms with Gasteiger partial charge in [-0.05, 0) is 43.3 Å². The topological polar surface area (TPSA) is 67.6 Å². The Balaban J connectivity index is 1.75. The predicted octanol–water partition coefficient (Wildman–Crippen LogP) is 4.17. The minimum Gasteiger partial charge on any atom is -0.308 e. The van der Waals surface area contributed by atoms with Gasteiger partial charge < -0.3 is 4.90 Å². The molecule has 0 fully saturated rings. The molecule has 0 bridgehead atoms. The zero-order valence-corrected chi connectivity index (χ0v) is 19.2. The molecule has 3 heterocycles. The second-order valence-corrected chi connectivity index (χ2v) is 9.31. The van der Waals surface area contributed by atoms with Crippen molar-refractivity contribution in [1.29, 1.82) is 0 Å². The molecule has 6 nitrogen and oxygen atoms in total. The molecule has 4 aromatic rings. The number of aromatic nitrogens is 3. The summed E-state index contributed by atoms with van der Waals surface area (Å²) >= 11 is 16.8. The summed E-state index contributed by atoms with van der Waals surface area (Å²) in [6, 6.07) is 10.6. The first-order valence-corrected chi connectivity index (χ1v) is 11.3. The molecule has 5 rings (SSSR count). The second kappa shape index (κ2) is 7.16. The van der Waals surface area contributed by atoms with Crippen molar-refractivity contribution in [3.63, 3.8) is 0 Å². The number of nitrogens with zero attached hydrogens (tertiary/aromatic N) is 4. The lowest BCUT2D eigenvalue weighted by Crippen LogP contribution is -2.32. The van der Waals surface area contributed by atoms with Crippen molar-refractivity contribution in [3.8, 4) is 11.4 Å². The Bertz CT molecular complexity index is 1480. The quantitative estimate of drug-likeness (QED) is 0.397. The summed E-state index contributed by atoms with van der Waals surface area (Å²) in [6.45, 7) is 2.40. The molecule has 0 aliphatic carbocycles. The number of thiazole rings is 1. The van der Waals surface area contributed by atoms with Gasteiger partial charge in [-0.3, -0.25) is 9.59 Å². The summed E-state index contributed by atoms with van der Waals surface area (Å²) in [5, 5.41) is 5.22. The molecular weight excluding hydrogens is 511 g/mol. The first-order chi connectivity index (χ1) is 14.4. The lowest BCUT2D eigenvalue weighted by molar-refractivity contribution is -0.113. The summed E-state index contributed by atoms with van der Waals surface area (Å²) in [5.74, 6) is 0.126. The first-order valence-electron chi connectivity index (χ1n) is 8.90. The SMILES string of the molecule is CCN1C(=O)/C(=c2\sc3nc(-c4ccc(Cl)cc4Cl)nn3c2=O)c2cc(Br)ccc21. The highest BCUT2D eigenvalue weighted by molar-refractivity contribution is 9.10. The van der Waals surface area contributed by atoms with E-state index in [2.05, 4.69) is 26.0 Å². The molecule has 1 aliphatic rings. The summed E-state index contributed by atoms with van der Waals surface area (Å²) < 4.78 is 2.36. The van der Waals surface area contributed by atoms with Crippen LogP contribution in [0.3, 0.4) is 0 Å². The number of fused-ring (bicyclic) bond motifs is 2. The Kier molecular flexibility index (Phi) is 4.70. The van der Waals surface area contributed by atoms with Crippen LogP contribution in [0.4, 0.5) is 5.69 Å². The van der Waals surface area contributed by atoms with Gasteiger partial charge in [0, 0.05) is 27.2 Å². The Labute approximate surface area is 192 Å². The van der Waals surface area contributed by atoms with Crippen molar-refractivity contribution in [1.82, 2.24) is 14.6 Å². The van der Waals surface area contributed by atoms with Crippen LogP contribution >= 0.6 is 50.5 Å². The molecule has 10 heteroatoms. The van der Waals surface area contributed by atoms with Crippen LogP contribution in [-0.4, -0.2) is 27.0 Å². The van der Waals surface area contributed by atoms with Crippen molar-refractivity contribution < 1.29 is 4.79 Å². The van der Waals surface area contributed by atoms with E-state index >= 15 is 0 Å². The third-order valence-electron chi connectivity index (χ3n) is 4.85. The van der Waals surface area contributed by atoms with E-state index in [0.717, 1.165) is 27.1 Å². The van der Waals surface area contributed by atoms with Gasteiger partial charge >= 0.3 is 0 Å². The molecule has 0 saturated carbocycles. The number of likely N-dealkylation sites (N-methyl/N-ethyl adjacent to an activating group) is 1. The zero-order valence-electron chi connectivity index (χ0n) is 15.3. The number of hydrogen-bond donors (Lipinski definition) is 0. The number of carbonyl (C=O) groups is 1. The smallest absolute Gasteiger partial charge is 0.291 e. The molecule has 1 amide bonds. The van der Waals surface area contributed by atoms with Crippen LogP contribution in [0.25, 0.3) is 21.9 Å². The van der Waals surface area contributed by atoms with E-state index < -0.39 is 0 Å². The minimum atomic E-state index is -0.383. The summed E-state index contributed by atoms with van der Waals surface area (Å²) in [7, 11) is 0. The van der Waals surface area contributed by atoms with Crippen LogP contribution in [0.2, 0.25) is 10.0 Å². The maximum atomic E-state index is 13.1. The monoisotopic (exact) mass is 520 g/mol. The van der Waals surface area contributed by atoms with Gasteiger partial charge in [0.15, 0.2) is 5.82 Å². The predicted molar refractivity (Wildman–Crippen MR) is 122 cm³/mol. The average Bonchev–Trinajstić information content (AvgIpc) is 3.32. The fourth-order valence-corrected chi connectivity index (χ4v) is 5.36. The van der Waals surface area contributed by atoms with Gasteiger partial charge in [-0.25, -0.2) is 0 Å². The van der Waals surface area contributed by atoms with Gasteiger partial charge in [-0.2, -0.15) is 9.50 Å². The number of benzene rings is 2. The van der Waals surface area contributed by atoms with E-state index in [1.54, 1.807) is 23.1 Å². The highest BCUT2D eigenvalue weighted by Gasteiger charge is 2.33. The van der Waals surface area contributed by atoms with Crippen LogP contribution in [0.15, 0.2) is 45.7 Å². The van der Waals surface area contributed by atoms with Gasteiger partial charge in [0.25, 0.3) is 11.5 Å². The van der Waals surface area contributed by atoms with E-state index in [1.165, 1.54) is 4.52 Å². The van der Waals surface area contributed by atoms with Crippen LogP contribution < -0.4 is 15.0 Å². The lowest BCUT2D eigenvalue weighted by Gasteiger charge is -2.13. The fraction of sp³-hybridized carbons (Fsp3) is 0.100. The van der Waals surface area contributed by atoms with Crippen molar-refractivity contribution in [3.05, 3.63) is 71.4 Å². The molecule has 1 aliphatic heterocycles. The highest BCUT2D eigenvalue weighted by Crippen LogP contribution is 2.37. The third-order valence-corrected chi connectivity index (χ3v) is 6.92. The molecule has 0 spiro atoms. The number of anilines is 1. The van der Waals surface area contributed by atoms with Gasteiger partial charge in [-0.15, -0.1) is 5.10 Å². The molecular formula is C20H11BrCl2N4O2S. The van der Waals surface area contributed by atoms with E-state index in [9.17, 15) is 9.59 Å². The molecule has 2 aromatic carbocycles. The molecule has 0 saturated heterocycles. The normalized spacial score (nSPS) is 15.3. The second-order valence-electron chi connectivity index (χ2n) is 6.58. The fourth-order valence-electron chi connectivity index (χ4n) is 3.51. The van der Waals surface area contributed by atoms with Gasteiger partial charge in [0.1, 0.15) is 4.53 Å².